The van der Waals surface area contributed by atoms with Gasteiger partial charge in [0.2, 0.25) is 0 Å². The molecule has 0 spiro atoms. The van der Waals surface area contributed by atoms with Gasteiger partial charge in [-0.05, 0) is 59.2 Å². The van der Waals surface area contributed by atoms with Gasteiger partial charge in [-0.3, -0.25) is 4.79 Å². The lowest BCUT2D eigenvalue weighted by atomic mass is 10.0. The number of aromatic nitrogens is 2. The Bertz CT molecular complexity index is 1540. The molecule has 0 saturated heterocycles. The molecule has 174 valence electrons. The van der Waals surface area contributed by atoms with Crippen molar-refractivity contribution in [2.24, 2.45) is 5.10 Å². The number of amides is 1. The summed E-state index contributed by atoms with van der Waals surface area (Å²) in [5.41, 5.74) is 7.44. The van der Waals surface area contributed by atoms with Crippen molar-refractivity contribution in [3.63, 3.8) is 0 Å². The number of carbonyl (C=O) groups is 1. The number of fused-ring (bicyclic) bond motifs is 2. The normalized spacial score (nSPS) is 11.8. The molecule has 0 bridgehead atoms. The topological polar surface area (TPSA) is 59.3 Å². The Kier molecular flexibility index (Phi) is 6.84. The summed E-state index contributed by atoms with van der Waals surface area (Å²) in [5, 5.41) is 8.12. The lowest BCUT2D eigenvalue weighted by molar-refractivity contribution is -0.118. The number of thioether (sulfide) groups is 1. The second-order valence-electron chi connectivity index (χ2n) is 8.18. The average molecular weight is 499 g/mol. The Morgan fingerprint density at radius 3 is 2.54 bits per heavy atom. The van der Waals surface area contributed by atoms with Gasteiger partial charge in [-0.25, -0.2) is 10.4 Å². The zero-order chi connectivity index (χ0) is 24.2. The molecule has 5 rings (SSSR count). The molecule has 5 nitrogen and oxygen atoms in total. The second kappa shape index (κ2) is 10.3. The zero-order valence-corrected chi connectivity index (χ0v) is 20.7. The highest BCUT2D eigenvalue weighted by molar-refractivity contribution is 7.99. The Morgan fingerprint density at radius 2 is 1.71 bits per heavy atom. The number of para-hydroxylation sites is 2. The molecule has 1 heterocycles. The summed E-state index contributed by atoms with van der Waals surface area (Å²) < 4.78 is 2.13. The van der Waals surface area contributed by atoms with E-state index in [2.05, 4.69) is 39.4 Å². The average Bonchev–Trinajstić information content (AvgIpc) is 3.24. The van der Waals surface area contributed by atoms with E-state index in [9.17, 15) is 4.79 Å². The van der Waals surface area contributed by atoms with Crippen molar-refractivity contribution in [2.45, 2.75) is 18.6 Å². The van der Waals surface area contributed by atoms with E-state index in [1.165, 1.54) is 17.1 Å². The number of benzene rings is 4. The first-order valence-corrected chi connectivity index (χ1v) is 12.6. The summed E-state index contributed by atoms with van der Waals surface area (Å²) in [6.45, 7) is 2.53. The first-order valence-electron chi connectivity index (χ1n) is 11.2. The molecule has 0 unspecified atom stereocenters. The van der Waals surface area contributed by atoms with Gasteiger partial charge in [-0.1, -0.05) is 84.0 Å². The first-order chi connectivity index (χ1) is 17.1. The maximum absolute atomic E-state index is 12.6. The highest BCUT2D eigenvalue weighted by atomic mass is 35.5. The fourth-order valence-electron chi connectivity index (χ4n) is 3.88. The van der Waals surface area contributed by atoms with E-state index >= 15 is 0 Å². The van der Waals surface area contributed by atoms with Crippen LogP contribution in [-0.2, 0) is 11.3 Å². The highest BCUT2D eigenvalue weighted by Gasteiger charge is 2.13. The SMILES string of the molecule is CC(=NNC(=O)CSc1nc2ccccc2n1Cc1ccc(Cl)cc1)c1ccc2ccccc2c1. The van der Waals surface area contributed by atoms with Gasteiger partial charge in [-0.2, -0.15) is 5.10 Å². The molecule has 35 heavy (non-hydrogen) atoms. The summed E-state index contributed by atoms with van der Waals surface area (Å²) in [6.07, 6.45) is 0. The van der Waals surface area contributed by atoms with Crippen molar-refractivity contribution >= 4 is 56.8 Å². The van der Waals surface area contributed by atoms with Crippen LogP contribution in [0.25, 0.3) is 21.8 Å². The maximum atomic E-state index is 12.6. The zero-order valence-electron chi connectivity index (χ0n) is 19.1. The van der Waals surface area contributed by atoms with Gasteiger partial charge in [-0.15, -0.1) is 0 Å². The van der Waals surface area contributed by atoms with Crippen molar-refractivity contribution in [2.75, 3.05) is 5.75 Å². The van der Waals surface area contributed by atoms with Crippen LogP contribution in [0.2, 0.25) is 5.02 Å². The van der Waals surface area contributed by atoms with Gasteiger partial charge >= 0.3 is 0 Å². The number of halogens is 1. The molecule has 0 fully saturated rings. The molecule has 1 aromatic heterocycles. The monoisotopic (exact) mass is 498 g/mol. The maximum Gasteiger partial charge on any atom is 0.250 e. The third-order valence-corrected chi connectivity index (χ3v) is 6.95. The third-order valence-electron chi connectivity index (χ3n) is 5.72. The third kappa shape index (κ3) is 5.39. The van der Waals surface area contributed by atoms with E-state index in [4.69, 9.17) is 16.6 Å². The van der Waals surface area contributed by atoms with Gasteiger partial charge in [0.1, 0.15) is 0 Å². The predicted molar refractivity (Wildman–Crippen MR) is 145 cm³/mol. The van der Waals surface area contributed by atoms with Crippen molar-refractivity contribution in [3.05, 3.63) is 107 Å². The standard InChI is InChI=1S/C28H23ClN4OS/c1-19(22-13-12-21-6-2-3-7-23(21)16-22)31-32-27(34)18-35-28-30-25-8-4-5-9-26(25)33(28)17-20-10-14-24(29)15-11-20/h2-16H,17-18H2,1H3,(H,32,34). The van der Waals surface area contributed by atoms with E-state index in [0.717, 1.165) is 38.4 Å². The van der Waals surface area contributed by atoms with Crippen LogP contribution in [0.3, 0.4) is 0 Å². The quantitative estimate of drug-likeness (QED) is 0.158. The van der Waals surface area contributed by atoms with Gasteiger partial charge in [0.05, 0.1) is 29.0 Å². The summed E-state index contributed by atoms with van der Waals surface area (Å²) in [4.78, 5) is 17.4. The fraction of sp³-hybridized carbons (Fsp3) is 0.107. The van der Waals surface area contributed by atoms with Gasteiger partial charge in [0, 0.05) is 5.02 Å². The van der Waals surface area contributed by atoms with E-state index in [0.29, 0.717) is 11.6 Å². The Hall–Kier alpha value is -3.61. The predicted octanol–water partition coefficient (Wildman–Crippen LogP) is 6.52. The molecule has 0 atom stereocenters. The van der Waals surface area contributed by atoms with Crippen LogP contribution in [-0.4, -0.2) is 26.9 Å². The minimum Gasteiger partial charge on any atom is -0.314 e. The lowest BCUT2D eigenvalue weighted by Crippen LogP contribution is -2.21. The van der Waals surface area contributed by atoms with Gasteiger partial charge in [0.15, 0.2) is 5.16 Å². The van der Waals surface area contributed by atoms with E-state index in [-0.39, 0.29) is 11.7 Å². The first kappa shape index (κ1) is 23.1. The number of rotatable bonds is 7. The van der Waals surface area contributed by atoms with Gasteiger partial charge in [0.25, 0.3) is 5.91 Å². The Labute approximate surface area is 212 Å². The Balaban J connectivity index is 1.28. The van der Waals surface area contributed by atoms with Crippen LogP contribution in [0, 0.1) is 0 Å². The number of nitrogens with one attached hydrogen (secondary N) is 1. The molecular weight excluding hydrogens is 476 g/mol. The largest absolute Gasteiger partial charge is 0.314 e. The smallest absolute Gasteiger partial charge is 0.250 e. The minimum absolute atomic E-state index is 0.180. The van der Waals surface area contributed by atoms with Crippen molar-refractivity contribution in [1.82, 2.24) is 15.0 Å². The second-order valence-corrected chi connectivity index (χ2v) is 9.56. The molecule has 7 heteroatoms. The molecule has 1 N–H and O–H groups in total. The summed E-state index contributed by atoms with van der Waals surface area (Å²) in [7, 11) is 0. The van der Waals surface area contributed by atoms with E-state index < -0.39 is 0 Å². The number of nitrogens with zero attached hydrogens (tertiary/aromatic N) is 3. The summed E-state index contributed by atoms with van der Waals surface area (Å²) >= 11 is 7.44. The molecule has 5 aromatic rings. The lowest BCUT2D eigenvalue weighted by Gasteiger charge is -2.09. The number of carbonyl (C=O) groups excluding carboxylic acids is 1. The molecule has 0 aliphatic heterocycles. The molecule has 0 aliphatic rings. The van der Waals surface area contributed by atoms with E-state index in [1.54, 1.807) is 0 Å². The van der Waals surface area contributed by atoms with Crippen molar-refractivity contribution < 1.29 is 4.79 Å². The summed E-state index contributed by atoms with van der Waals surface area (Å²) in [6, 6.07) is 30.1. The van der Waals surface area contributed by atoms with Crippen LogP contribution >= 0.6 is 23.4 Å². The molecule has 0 aliphatic carbocycles. The molecule has 1 amide bonds. The number of hydrogen-bond donors (Lipinski definition) is 1. The van der Waals surface area contributed by atoms with Crippen molar-refractivity contribution in [1.29, 1.82) is 0 Å². The molecular formula is C28H23ClN4OS. The van der Waals surface area contributed by atoms with Crippen LogP contribution in [0.5, 0.6) is 0 Å². The summed E-state index contributed by atoms with van der Waals surface area (Å²) in [5.74, 6) is 0.0265. The molecule has 0 radical (unpaired) electrons. The van der Waals surface area contributed by atoms with E-state index in [1.807, 2.05) is 73.7 Å². The Morgan fingerprint density at radius 1 is 0.971 bits per heavy atom. The van der Waals surface area contributed by atoms with Crippen LogP contribution in [0.15, 0.2) is 101 Å². The van der Waals surface area contributed by atoms with Crippen molar-refractivity contribution in [3.8, 4) is 0 Å². The molecule has 4 aromatic carbocycles. The fourth-order valence-corrected chi connectivity index (χ4v) is 4.81. The minimum atomic E-state index is -0.180. The number of hydrogen-bond acceptors (Lipinski definition) is 4. The number of hydrazone groups is 1. The van der Waals surface area contributed by atoms with Crippen LogP contribution < -0.4 is 5.43 Å². The van der Waals surface area contributed by atoms with Crippen LogP contribution in [0.4, 0.5) is 0 Å². The highest BCUT2D eigenvalue weighted by Crippen LogP contribution is 2.25. The molecule has 0 saturated carbocycles. The number of imidazole rings is 1. The van der Waals surface area contributed by atoms with Crippen LogP contribution in [0.1, 0.15) is 18.1 Å². The van der Waals surface area contributed by atoms with Gasteiger partial charge < -0.3 is 4.57 Å².